The number of halogens is 2. The molecular weight excluding hydrogens is 483 g/mol. The van der Waals surface area contributed by atoms with E-state index in [1.165, 1.54) is 30.3 Å². The van der Waals surface area contributed by atoms with Crippen LogP contribution in [0.5, 0.6) is 0 Å². The number of rotatable bonds is 8. The summed E-state index contributed by atoms with van der Waals surface area (Å²) in [7, 11) is -7.18. The zero-order valence-corrected chi connectivity index (χ0v) is 20.6. The zero-order chi connectivity index (χ0) is 23.6. The summed E-state index contributed by atoms with van der Waals surface area (Å²) < 4.78 is 49.3. The Balaban J connectivity index is 2.33. The van der Waals surface area contributed by atoms with Crippen LogP contribution >= 0.6 is 23.2 Å². The Bertz CT molecular complexity index is 1150. The Kier molecular flexibility index (Phi) is 8.02. The number of sulfonamides is 1. The number of carbonyl (C=O) groups is 1. The molecule has 2 aromatic carbocycles. The number of anilines is 1. The van der Waals surface area contributed by atoms with E-state index in [-0.39, 0.29) is 27.0 Å². The van der Waals surface area contributed by atoms with Crippen molar-refractivity contribution >= 4 is 54.7 Å². The monoisotopic (exact) mass is 506 g/mol. The molecule has 0 aliphatic carbocycles. The van der Waals surface area contributed by atoms with Gasteiger partial charge in [0.25, 0.3) is 0 Å². The second-order valence-corrected chi connectivity index (χ2v) is 11.9. The van der Waals surface area contributed by atoms with E-state index in [0.717, 1.165) is 16.8 Å². The maximum atomic E-state index is 13.0. The zero-order valence-electron chi connectivity index (χ0n) is 17.5. The molecular formula is C20H24Cl2N2O5S2. The number of nitrogens with one attached hydrogen (secondary N) is 1. The second kappa shape index (κ2) is 9.77. The fourth-order valence-electron chi connectivity index (χ4n) is 3.12. The van der Waals surface area contributed by atoms with Crippen LogP contribution in [0.4, 0.5) is 5.69 Å². The van der Waals surface area contributed by atoms with E-state index in [9.17, 15) is 21.6 Å². The molecule has 2 atom stereocenters. The molecule has 0 bridgehead atoms. The van der Waals surface area contributed by atoms with Gasteiger partial charge in [-0.3, -0.25) is 9.10 Å². The number of sulfone groups is 1. The summed E-state index contributed by atoms with van der Waals surface area (Å²) in [5.41, 5.74) is 0.861. The molecule has 0 saturated carbocycles. The predicted octanol–water partition coefficient (Wildman–Crippen LogP) is 3.82. The Hall–Kier alpha value is -1.81. The van der Waals surface area contributed by atoms with Crippen LogP contribution in [-0.4, -0.2) is 41.3 Å². The van der Waals surface area contributed by atoms with Gasteiger partial charge in [-0.2, -0.15) is 0 Å². The highest BCUT2D eigenvalue weighted by Gasteiger charge is 2.32. The highest BCUT2D eigenvalue weighted by atomic mass is 35.5. The van der Waals surface area contributed by atoms with Crippen molar-refractivity contribution in [1.29, 1.82) is 0 Å². The van der Waals surface area contributed by atoms with Crippen LogP contribution in [0.15, 0.2) is 47.4 Å². The van der Waals surface area contributed by atoms with Crippen molar-refractivity contribution in [2.24, 2.45) is 0 Å². The van der Waals surface area contributed by atoms with E-state index in [2.05, 4.69) is 5.32 Å². The van der Waals surface area contributed by atoms with Crippen LogP contribution in [0.2, 0.25) is 10.0 Å². The quantitative estimate of drug-likeness (QED) is 0.586. The van der Waals surface area contributed by atoms with Gasteiger partial charge >= 0.3 is 0 Å². The SMILES string of the molecule is CC[C@@H](C(=O)N[C@@H](C)c1ccc(S(C)(=O)=O)cc1)N(c1cc(Cl)cc(Cl)c1)S(C)(=O)=O. The average Bonchev–Trinajstić information content (AvgIpc) is 2.63. The molecule has 0 spiro atoms. The van der Waals surface area contributed by atoms with Crippen LogP contribution in [0, 0.1) is 0 Å². The Labute approximate surface area is 193 Å². The minimum absolute atomic E-state index is 0.169. The highest BCUT2D eigenvalue weighted by Crippen LogP contribution is 2.29. The van der Waals surface area contributed by atoms with Gasteiger partial charge < -0.3 is 5.32 Å². The summed E-state index contributed by atoms with van der Waals surface area (Å²) in [6.45, 7) is 3.42. The molecule has 0 heterocycles. The third-order valence-corrected chi connectivity index (χ3v) is 7.34. The number of amides is 1. The summed E-state index contributed by atoms with van der Waals surface area (Å²) in [6, 6.07) is 8.93. The summed E-state index contributed by atoms with van der Waals surface area (Å²) in [5.74, 6) is -0.510. The fourth-order valence-corrected chi connectivity index (χ4v) is 5.46. The molecule has 170 valence electrons. The molecule has 0 saturated heterocycles. The van der Waals surface area contributed by atoms with Crippen molar-refractivity contribution in [2.75, 3.05) is 16.8 Å². The van der Waals surface area contributed by atoms with Crippen molar-refractivity contribution in [3.8, 4) is 0 Å². The summed E-state index contributed by atoms with van der Waals surface area (Å²) in [6.07, 6.45) is 2.31. The van der Waals surface area contributed by atoms with Crippen LogP contribution < -0.4 is 9.62 Å². The van der Waals surface area contributed by atoms with Gasteiger partial charge in [0.15, 0.2) is 9.84 Å². The summed E-state index contributed by atoms with van der Waals surface area (Å²) in [5, 5.41) is 3.28. The predicted molar refractivity (Wildman–Crippen MR) is 124 cm³/mol. The molecule has 31 heavy (non-hydrogen) atoms. The van der Waals surface area contributed by atoms with Gasteiger partial charge in [0.05, 0.1) is 22.9 Å². The van der Waals surface area contributed by atoms with E-state index in [0.29, 0.717) is 5.56 Å². The molecule has 0 unspecified atom stereocenters. The van der Waals surface area contributed by atoms with Gasteiger partial charge in [-0.25, -0.2) is 16.8 Å². The van der Waals surface area contributed by atoms with Crippen molar-refractivity contribution < 1.29 is 21.6 Å². The van der Waals surface area contributed by atoms with E-state index in [4.69, 9.17) is 23.2 Å². The Morgan fingerprint density at radius 2 is 1.52 bits per heavy atom. The van der Waals surface area contributed by atoms with Gasteiger partial charge in [-0.1, -0.05) is 42.3 Å². The van der Waals surface area contributed by atoms with Gasteiger partial charge in [0.2, 0.25) is 15.9 Å². The minimum atomic E-state index is -3.84. The maximum Gasteiger partial charge on any atom is 0.244 e. The van der Waals surface area contributed by atoms with Gasteiger partial charge in [-0.15, -0.1) is 0 Å². The van der Waals surface area contributed by atoms with Crippen molar-refractivity contribution in [1.82, 2.24) is 5.32 Å². The lowest BCUT2D eigenvalue weighted by molar-refractivity contribution is -0.122. The van der Waals surface area contributed by atoms with Gasteiger partial charge in [0, 0.05) is 16.3 Å². The third kappa shape index (κ3) is 6.58. The molecule has 2 rings (SSSR count). The first-order valence-corrected chi connectivity index (χ1v) is 13.8. The fraction of sp³-hybridized carbons (Fsp3) is 0.350. The van der Waals surface area contributed by atoms with E-state index in [1.807, 2.05) is 0 Å². The number of carbonyl (C=O) groups excluding carboxylic acids is 1. The third-order valence-electron chi connectivity index (χ3n) is 4.60. The first-order chi connectivity index (χ1) is 14.2. The molecule has 2 aromatic rings. The second-order valence-electron chi connectivity index (χ2n) is 7.18. The summed E-state index contributed by atoms with van der Waals surface area (Å²) >= 11 is 12.1. The number of hydrogen-bond acceptors (Lipinski definition) is 5. The molecule has 0 aliphatic heterocycles. The molecule has 0 radical (unpaired) electrons. The van der Waals surface area contributed by atoms with Gasteiger partial charge in [0.1, 0.15) is 6.04 Å². The van der Waals surface area contributed by atoms with E-state index >= 15 is 0 Å². The van der Waals surface area contributed by atoms with E-state index in [1.54, 1.807) is 26.0 Å². The first-order valence-electron chi connectivity index (χ1n) is 9.30. The van der Waals surface area contributed by atoms with Crippen molar-refractivity contribution in [3.05, 3.63) is 58.1 Å². The first kappa shape index (κ1) is 25.5. The van der Waals surface area contributed by atoms with Crippen LogP contribution in [0.3, 0.4) is 0 Å². The minimum Gasteiger partial charge on any atom is -0.348 e. The molecule has 0 fully saturated rings. The molecule has 1 N–H and O–H groups in total. The maximum absolute atomic E-state index is 13.0. The standard InChI is InChI=1S/C20H24Cl2N2O5S2/c1-5-19(24(31(4,28)29)17-11-15(21)10-16(22)12-17)20(25)23-13(2)14-6-8-18(9-7-14)30(3,26)27/h6-13,19H,5H2,1-4H3,(H,23,25)/t13-,19-/m0/s1. The van der Waals surface area contributed by atoms with E-state index < -0.39 is 37.9 Å². The Morgan fingerprint density at radius 3 is 1.94 bits per heavy atom. The molecule has 0 aromatic heterocycles. The largest absolute Gasteiger partial charge is 0.348 e. The number of nitrogens with zero attached hydrogens (tertiary/aromatic N) is 1. The smallest absolute Gasteiger partial charge is 0.244 e. The lowest BCUT2D eigenvalue weighted by Crippen LogP contribution is -2.49. The molecule has 11 heteroatoms. The number of hydrogen-bond donors (Lipinski definition) is 1. The van der Waals surface area contributed by atoms with Crippen LogP contribution in [0.1, 0.15) is 31.9 Å². The van der Waals surface area contributed by atoms with Crippen LogP contribution in [-0.2, 0) is 24.7 Å². The molecule has 1 amide bonds. The van der Waals surface area contributed by atoms with Crippen LogP contribution in [0.25, 0.3) is 0 Å². The highest BCUT2D eigenvalue weighted by molar-refractivity contribution is 7.92. The molecule has 0 aliphatic rings. The lowest BCUT2D eigenvalue weighted by Gasteiger charge is -2.31. The molecule has 7 nitrogen and oxygen atoms in total. The number of benzene rings is 2. The normalized spacial score (nSPS) is 14.0. The average molecular weight is 507 g/mol. The Morgan fingerprint density at radius 1 is 1.00 bits per heavy atom. The topological polar surface area (TPSA) is 101 Å². The lowest BCUT2D eigenvalue weighted by atomic mass is 10.1. The van der Waals surface area contributed by atoms with Gasteiger partial charge in [-0.05, 0) is 49.2 Å². The van der Waals surface area contributed by atoms with Crippen molar-refractivity contribution in [3.63, 3.8) is 0 Å². The van der Waals surface area contributed by atoms with Crippen molar-refractivity contribution in [2.45, 2.75) is 37.2 Å². The summed E-state index contributed by atoms with van der Waals surface area (Å²) in [4.78, 5) is 13.2.